The summed E-state index contributed by atoms with van der Waals surface area (Å²) in [5.74, 6) is 0.812. The third-order valence-corrected chi connectivity index (χ3v) is 5.68. The smallest absolute Gasteiger partial charge is 0.234 e. The van der Waals surface area contributed by atoms with Crippen molar-refractivity contribution >= 4 is 35.0 Å². The molecule has 2 aromatic carbocycles. The molecule has 3 aromatic rings. The van der Waals surface area contributed by atoms with Crippen molar-refractivity contribution in [2.24, 2.45) is 5.92 Å². The van der Waals surface area contributed by atoms with Gasteiger partial charge in [0.15, 0.2) is 5.16 Å². The Morgan fingerprint density at radius 2 is 1.50 bits per heavy atom. The van der Waals surface area contributed by atoms with Gasteiger partial charge >= 0.3 is 0 Å². The van der Waals surface area contributed by atoms with Crippen molar-refractivity contribution in [1.29, 1.82) is 0 Å². The minimum atomic E-state index is -0.142. The number of hydrogen-bond donors (Lipinski definition) is 2. The first-order chi connectivity index (χ1) is 15.3. The number of anilines is 2. The van der Waals surface area contributed by atoms with Crippen LogP contribution in [0, 0.1) is 5.92 Å². The van der Waals surface area contributed by atoms with Gasteiger partial charge in [-0.15, -0.1) is 10.2 Å². The summed E-state index contributed by atoms with van der Waals surface area (Å²) in [6, 6.07) is 15.3. The number of nitrogens with one attached hydrogen (secondary N) is 2. The van der Waals surface area contributed by atoms with Crippen LogP contribution in [0.15, 0.2) is 60.0 Å². The molecular weight excluding hydrogens is 422 g/mol. The fourth-order valence-corrected chi connectivity index (χ4v) is 3.80. The van der Waals surface area contributed by atoms with Gasteiger partial charge in [0.2, 0.25) is 11.8 Å². The Kier molecular flexibility index (Phi) is 8.05. The average Bonchev–Trinajstić information content (AvgIpc) is 3.22. The van der Waals surface area contributed by atoms with Crippen molar-refractivity contribution in [3.05, 3.63) is 60.4 Å². The van der Waals surface area contributed by atoms with Crippen molar-refractivity contribution in [1.82, 2.24) is 14.8 Å². The van der Waals surface area contributed by atoms with Crippen LogP contribution in [0.2, 0.25) is 0 Å². The number of hydrogen-bond acceptors (Lipinski definition) is 5. The largest absolute Gasteiger partial charge is 0.326 e. The number of benzene rings is 2. The standard InChI is InChI=1S/C24H29N5O2S/c1-16(2)13-22(30)26-19-7-9-20(10-8-19)27-23(31)14-32-24-28-25-15-29(24)21-11-5-18(6-12-21)17(3)4/h5-12,15-17H,13-14H2,1-4H3,(H,26,30)(H,27,31). The number of carbonyl (C=O) groups excluding carboxylic acids is 2. The SMILES string of the molecule is CC(C)CC(=O)Nc1ccc(NC(=O)CSc2nncn2-c2ccc(C(C)C)cc2)cc1. The first-order valence-electron chi connectivity index (χ1n) is 10.6. The molecule has 2 amide bonds. The molecule has 0 aliphatic rings. The molecule has 0 fully saturated rings. The van der Waals surface area contributed by atoms with E-state index < -0.39 is 0 Å². The Balaban J connectivity index is 1.53. The highest BCUT2D eigenvalue weighted by Gasteiger charge is 2.11. The third-order valence-electron chi connectivity index (χ3n) is 4.73. The summed E-state index contributed by atoms with van der Waals surface area (Å²) in [6.07, 6.45) is 2.12. The molecule has 32 heavy (non-hydrogen) atoms. The van der Waals surface area contributed by atoms with E-state index in [0.29, 0.717) is 34.8 Å². The lowest BCUT2D eigenvalue weighted by molar-refractivity contribution is -0.117. The number of nitrogens with zero attached hydrogens (tertiary/aromatic N) is 3. The van der Waals surface area contributed by atoms with Crippen LogP contribution in [-0.2, 0) is 9.59 Å². The van der Waals surface area contributed by atoms with Crippen molar-refractivity contribution in [2.75, 3.05) is 16.4 Å². The zero-order valence-corrected chi connectivity index (χ0v) is 19.6. The maximum absolute atomic E-state index is 12.4. The first-order valence-corrected chi connectivity index (χ1v) is 11.6. The number of aromatic nitrogens is 3. The molecule has 1 heterocycles. The highest BCUT2D eigenvalue weighted by atomic mass is 32.2. The molecule has 0 radical (unpaired) electrons. The number of thioether (sulfide) groups is 1. The summed E-state index contributed by atoms with van der Waals surface area (Å²) in [5.41, 5.74) is 3.60. The van der Waals surface area contributed by atoms with E-state index in [9.17, 15) is 9.59 Å². The van der Waals surface area contributed by atoms with Crippen LogP contribution in [0.5, 0.6) is 0 Å². The molecule has 0 spiro atoms. The molecule has 0 bridgehead atoms. The minimum Gasteiger partial charge on any atom is -0.326 e. The summed E-state index contributed by atoms with van der Waals surface area (Å²) in [4.78, 5) is 24.3. The number of amides is 2. The third kappa shape index (κ3) is 6.68. The van der Waals surface area contributed by atoms with Crippen LogP contribution in [0.25, 0.3) is 5.69 Å². The van der Waals surface area contributed by atoms with Crippen molar-refractivity contribution in [2.45, 2.75) is 45.2 Å². The number of rotatable bonds is 9. The fraction of sp³-hybridized carbons (Fsp3) is 0.333. The monoisotopic (exact) mass is 451 g/mol. The van der Waals surface area contributed by atoms with Gasteiger partial charge in [0.25, 0.3) is 0 Å². The Labute approximate surface area is 193 Å². The summed E-state index contributed by atoms with van der Waals surface area (Å²) in [6.45, 7) is 8.32. The Morgan fingerprint density at radius 1 is 0.906 bits per heavy atom. The molecule has 0 saturated carbocycles. The van der Waals surface area contributed by atoms with Crippen molar-refractivity contribution in [3.8, 4) is 5.69 Å². The van der Waals surface area contributed by atoms with Crippen molar-refractivity contribution in [3.63, 3.8) is 0 Å². The molecule has 0 unspecified atom stereocenters. The topological polar surface area (TPSA) is 88.9 Å². The van der Waals surface area contributed by atoms with Gasteiger partial charge in [-0.25, -0.2) is 0 Å². The number of carbonyl (C=O) groups is 2. The second kappa shape index (κ2) is 10.9. The zero-order chi connectivity index (χ0) is 23.1. The lowest BCUT2D eigenvalue weighted by Gasteiger charge is -2.10. The molecule has 0 saturated heterocycles. The maximum atomic E-state index is 12.4. The molecular formula is C24H29N5O2S. The van der Waals surface area contributed by atoms with E-state index in [1.54, 1.807) is 30.6 Å². The predicted octanol–water partition coefficient (Wildman–Crippen LogP) is 5.11. The van der Waals surface area contributed by atoms with Crippen LogP contribution in [-0.4, -0.2) is 32.3 Å². The zero-order valence-electron chi connectivity index (χ0n) is 18.8. The molecule has 2 N–H and O–H groups in total. The molecule has 7 nitrogen and oxygen atoms in total. The van der Waals surface area contributed by atoms with E-state index in [2.05, 4.69) is 46.8 Å². The molecule has 0 atom stereocenters. The van der Waals surface area contributed by atoms with Gasteiger partial charge in [0, 0.05) is 23.5 Å². The molecule has 8 heteroatoms. The summed E-state index contributed by atoms with van der Waals surface area (Å²) < 4.78 is 1.87. The van der Waals surface area contributed by atoms with Gasteiger partial charge in [-0.1, -0.05) is 51.6 Å². The summed E-state index contributed by atoms with van der Waals surface area (Å²) in [5, 5.41) is 14.5. The van der Waals surface area contributed by atoms with Gasteiger partial charge in [0.05, 0.1) is 5.75 Å². The Morgan fingerprint density at radius 3 is 2.06 bits per heavy atom. The molecule has 0 aliphatic heterocycles. The van der Waals surface area contributed by atoms with Crippen LogP contribution in [0.4, 0.5) is 11.4 Å². The van der Waals surface area contributed by atoms with E-state index in [4.69, 9.17) is 0 Å². The van der Waals surface area contributed by atoms with Crippen LogP contribution in [0.1, 0.15) is 45.6 Å². The maximum Gasteiger partial charge on any atom is 0.234 e. The van der Waals surface area contributed by atoms with Gasteiger partial charge in [-0.3, -0.25) is 14.2 Å². The lowest BCUT2D eigenvalue weighted by atomic mass is 10.0. The quantitative estimate of drug-likeness (QED) is 0.442. The fourth-order valence-electron chi connectivity index (χ4n) is 3.07. The summed E-state index contributed by atoms with van der Waals surface area (Å²) >= 11 is 1.32. The molecule has 3 rings (SSSR count). The van der Waals surface area contributed by atoms with E-state index >= 15 is 0 Å². The highest BCUT2D eigenvalue weighted by molar-refractivity contribution is 7.99. The lowest BCUT2D eigenvalue weighted by Crippen LogP contribution is -2.15. The normalized spacial score (nSPS) is 11.1. The van der Waals surface area contributed by atoms with E-state index in [0.717, 1.165) is 5.69 Å². The molecule has 168 valence electrons. The Bertz CT molecular complexity index is 1040. The van der Waals surface area contributed by atoms with Crippen LogP contribution >= 0.6 is 11.8 Å². The van der Waals surface area contributed by atoms with Crippen molar-refractivity contribution < 1.29 is 9.59 Å². The summed E-state index contributed by atoms with van der Waals surface area (Å²) in [7, 11) is 0. The van der Waals surface area contributed by atoms with E-state index in [1.807, 2.05) is 30.5 Å². The average molecular weight is 452 g/mol. The first kappa shape index (κ1) is 23.5. The predicted molar refractivity (Wildman–Crippen MR) is 129 cm³/mol. The second-order valence-corrected chi connectivity index (χ2v) is 9.23. The highest BCUT2D eigenvalue weighted by Crippen LogP contribution is 2.22. The second-order valence-electron chi connectivity index (χ2n) is 8.29. The van der Waals surface area contributed by atoms with E-state index in [-0.39, 0.29) is 17.6 Å². The van der Waals surface area contributed by atoms with E-state index in [1.165, 1.54) is 17.3 Å². The van der Waals surface area contributed by atoms with Gasteiger partial charge < -0.3 is 10.6 Å². The Hall–Kier alpha value is -3.13. The van der Waals surface area contributed by atoms with Crippen LogP contribution < -0.4 is 10.6 Å². The van der Waals surface area contributed by atoms with Gasteiger partial charge in [0.1, 0.15) is 6.33 Å². The van der Waals surface area contributed by atoms with Gasteiger partial charge in [-0.05, 0) is 53.8 Å². The van der Waals surface area contributed by atoms with Gasteiger partial charge in [-0.2, -0.15) is 0 Å². The minimum absolute atomic E-state index is 0.0175. The molecule has 0 aliphatic carbocycles. The molecule has 1 aromatic heterocycles. The van der Waals surface area contributed by atoms with Crippen LogP contribution in [0.3, 0.4) is 0 Å².